The number of halogens is 1. The second-order valence-electron chi connectivity index (χ2n) is 10.5. The third-order valence-electron chi connectivity index (χ3n) is 5.21. The van der Waals surface area contributed by atoms with Gasteiger partial charge in [0, 0.05) is 5.54 Å². The predicted octanol–water partition coefficient (Wildman–Crippen LogP) is 6.12. The molecule has 0 aliphatic heterocycles. The van der Waals surface area contributed by atoms with Crippen LogP contribution in [0.3, 0.4) is 0 Å². The van der Waals surface area contributed by atoms with Crippen molar-refractivity contribution >= 4 is 41.3 Å². The Morgan fingerprint density at radius 2 is 1.72 bits per heavy atom. The van der Waals surface area contributed by atoms with E-state index in [1.165, 1.54) is 4.90 Å². The van der Waals surface area contributed by atoms with E-state index in [1.807, 2.05) is 45.9 Å². The smallest absolute Gasteiger partial charge is 0.408 e. The molecule has 0 saturated carbocycles. The maximum absolute atomic E-state index is 13.8. The third-order valence-corrected chi connectivity index (χ3v) is 5.53. The van der Waals surface area contributed by atoms with Crippen LogP contribution in [0.1, 0.15) is 64.3 Å². The van der Waals surface area contributed by atoms with Crippen LogP contribution in [-0.2, 0) is 14.3 Å². The van der Waals surface area contributed by atoms with Crippen LogP contribution in [0, 0.1) is 6.92 Å². The lowest BCUT2D eigenvalue weighted by Gasteiger charge is -2.41. The average molecular weight is 514 g/mol. The largest absolute Gasteiger partial charge is 0.444 e. The van der Waals surface area contributed by atoms with Crippen LogP contribution in [0.25, 0.3) is 6.08 Å². The zero-order valence-corrected chi connectivity index (χ0v) is 22.8. The van der Waals surface area contributed by atoms with Gasteiger partial charge in [-0.15, -0.1) is 0 Å². The van der Waals surface area contributed by atoms with Crippen molar-refractivity contribution < 1.29 is 19.1 Å². The summed E-state index contributed by atoms with van der Waals surface area (Å²) in [6.07, 6.45) is 0.954. The van der Waals surface area contributed by atoms with Crippen LogP contribution in [0.5, 0.6) is 0 Å². The van der Waals surface area contributed by atoms with Gasteiger partial charge in [-0.3, -0.25) is 9.59 Å². The highest BCUT2D eigenvalue weighted by Gasteiger charge is 2.39. The van der Waals surface area contributed by atoms with Gasteiger partial charge in [-0.2, -0.15) is 0 Å². The highest BCUT2D eigenvalue weighted by molar-refractivity contribution is 6.34. The summed E-state index contributed by atoms with van der Waals surface area (Å²) in [7, 11) is 0. The quantitative estimate of drug-likeness (QED) is 0.466. The number of amides is 3. The van der Waals surface area contributed by atoms with Crippen LogP contribution in [-0.4, -0.2) is 40.5 Å². The number of aryl methyl sites for hydroxylation is 1. The number of benzene rings is 2. The molecule has 0 aliphatic carbocycles. The third kappa shape index (κ3) is 7.85. The molecule has 1 atom stereocenters. The lowest BCUT2D eigenvalue weighted by atomic mass is 9.95. The Labute approximate surface area is 218 Å². The lowest BCUT2D eigenvalue weighted by molar-refractivity contribution is -0.144. The number of para-hydroxylation sites is 1. The van der Waals surface area contributed by atoms with Crippen LogP contribution in [0.4, 0.5) is 10.5 Å². The summed E-state index contributed by atoms with van der Waals surface area (Å²) >= 11 is 6.37. The number of hydrogen-bond donors (Lipinski definition) is 2. The minimum atomic E-state index is -1.02. The molecular formula is C28H36ClN3O4. The van der Waals surface area contributed by atoms with E-state index in [4.69, 9.17) is 16.3 Å². The SMILES string of the molecule is C=Cc1cccc(C(C(=O)Nc2c(C)cccc2Cl)N(C(=O)CNC(=O)OC(C)(C)C)C(C)(C)C)c1. The van der Waals surface area contributed by atoms with E-state index in [9.17, 15) is 14.4 Å². The van der Waals surface area contributed by atoms with Crippen molar-refractivity contribution in [3.05, 3.63) is 70.8 Å². The molecule has 3 amide bonds. The summed E-state index contributed by atoms with van der Waals surface area (Å²) in [4.78, 5) is 41.0. The molecule has 8 heteroatoms. The first-order valence-corrected chi connectivity index (χ1v) is 12.1. The standard InChI is InChI=1S/C28H36ClN3O4/c1-9-19-13-11-14-20(16-19)24(25(34)31-23-18(2)12-10-15-21(23)29)32(27(3,4)5)22(33)17-30-26(35)36-28(6,7)8/h9-16,24H,1,17H2,2-8H3,(H,30,35)(H,31,34). The van der Waals surface area contributed by atoms with Crippen molar-refractivity contribution in [2.75, 3.05) is 11.9 Å². The van der Waals surface area contributed by atoms with Crippen molar-refractivity contribution in [3.63, 3.8) is 0 Å². The Bertz CT molecular complexity index is 1110. The molecule has 2 rings (SSSR count). The molecule has 0 aromatic heterocycles. The predicted molar refractivity (Wildman–Crippen MR) is 145 cm³/mol. The molecule has 0 aliphatic rings. The number of nitrogens with one attached hydrogen (secondary N) is 2. The van der Waals surface area contributed by atoms with Gasteiger partial charge in [0.2, 0.25) is 5.91 Å². The molecule has 0 heterocycles. The lowest BCUT2D eigenvalue weighted by Crippen LogP contribution is -2.54. The highest BCUT2D eigenvalue weighted by atomic mass is 35.5. The van der Waals surface area contributed by atoms with E-state index < -0.39 is 35.1 Å². The van der Waals surface area contributed by atoms with Crippen molar-refractivity contribution in [3.8, 4) is 0 Å². The van der Waals surface area contributed by atoms with Crippen molar-refractivity contribution in [1.82, 2.24) is 10.2 Å². The molecule has 1 unspecified atom stereocenters. The van der Waals surface area contributed by atoms with Gasteiger partial charge in [-0.05, 0) is 77.3 Å². The van der Waals surface area contributed by atoms with E-state index in [1.54, 1.807) is 51.1 Å². The second kappa shape index (κ2) is 11.6. The van der Waals surface area contributed by atoms with Gasteiger partial charge in [-0.1, -0.05) is 54.6 Å². The van der Waals surface area contributed by atoms with E-state index in [-0.39, 0.29) is 6.54 Å². The Morgan fingerprint density at radius 3 is 2.28 bits per heavy atom. The summed E-state index contributed by atoms with van der Waals surface area (Å²) in [5.74, 6) is -0.888. The first kappa shape index (κ1) is 28.9. The van der Waals surface area contributed by atoms with Crippen LogP contribution in [0.15, 0.2) is 49.0 Å². The van der Waals surface area contributed by atoms with Crippen molar-refractivity contribution in [2.24, 2.45) is 0 Å². The number of ether oxygens (including phenoxy) is 1. The zero-order valence-electron chi connectivity index (χ0n) is 22.1. The molecule has 0 fully saturated rings. The second-order valence-corrected chi connectivity index (χ2v) is 10.9. The van der Waals surface area contributed by atoms with Gasteiger partial charge >= 0.3 is 6.09 Å². The van der Waals surface area contributed by atoms with E-state index >= 15 is 0 Å². The molecular weight excluding hydrogens is 478 g/mol. The highest BCUT2D eigenvalue weighted by Crippen LogP contribution is 2.33. The molecule has 2 aromatic rings. The van der Waals surface area contributed by atoms with Gasteiger partial charge < -0.3 is 20.3 Å². The molecule has 0 radical (unpaired) electrons. The fraction of sp³-hybridized carbons (Fsp3) is 0.393. The molecule has 0 bridgehead atoms. The van der Waals surface area contributed by atoms with E-state index in [0.717, 1.165) is 11.1 Å². The molecule has 36 heavy (non-hydrogen) atoms. The summed E-state index contributed by atoms with van der Waals surface area (Å²) < 4.78 is 5.26. The monoisotopic (exact) mass is 513 g/mol. The van der Waals surface area contributed by atoms with E-state index in [2.05, 4.69) is 17.2 Å². The fourth-order valence-electron chi connectivity index (χ4n) is 3.71. The Kier molecular flexibility index (Phi) is 9.32. The first-order valence-electron chi connectivity index (χ1n) is 11.7. The Balaban J connectivity index is 2.50. The Morgan fingerprint density at radius 1 is 1.08 bits per heavy atom. The summed E-state index contributed by atoms with van der Waals surface area (Å²) in [5.41, 5.74) is 1.16. The number of hydrogen-bond acceptors (Lipinski definition) is 4. The topological polar surface area (TPSA) is 87.7 Å². The molecule has 0 spiro atoms. The Hall–Kier alpha value is -3.32. The minimum absolute atomic E-state index is 0.345. The maximum Gasteiger partial charge on any atom is 0.408 e. The van der Waals surface area contributed by atoms with Gasteiger partial charge in [0.15, 0.2) is 0 Å². The first-order chi connectivity index (χ1) is 16.6. The molecule has 0 saturated heterocycles. The molecule has 7 nitrogen and oxygen atoms in total. The van der Waals surface area contributed by atoms with Gasteiger partial charge in [0.05, 0.1) is 10.7 Å². The molecule has 2 aromatic carbocycles. The number of alkyl carbamates (subject to hydrolysis) is 1. The average Bonchev–Trinajstić information content (AvgIpc) is 2.76. The number of carbonyl (C=O) groups is 3. The van der Waals surface area contributed by atoms with E-state index in [0.29, 0.717) is 16.3 Å². The molecule has 2 N–H and O–H groups in total. The van der Waals surface area contributed by atoms with Gasteiger partial charge in [-0.25, -0.2) is 4.79 Å². The van der Waals surface area contributed by atoms with Gasteiger partial charge in [0.25, 0.3) is 5.91 Å². The number of nitrogens with zero attached hydrogens (tertiary/aromatic N) is 1. The van der Waals surface area contributed by atoms with Crippen LogP contribution in [0.2, 0.25) is 5.02 Å². The number of anilines is 1. The van der Waals surface area contributed by atoms with Crippen molar-refractivity contribution in [1.29, 1.82) is 0 Å². The zero-order chi connectivity index (χ0) is 27.3. The summed E-state index contributed by atoms with van der Waals surface area (Å²) in [5, 5.41) is 5.81. The summed E-state index contributed by atoms with van der Waals surface area (Å²) in [6.45, 7) is 16.0. The number of carbonyl (C=O) groups excluding carboxylic acids is 3. The minimum Gasteiger partial charge on any atom is -0.444 e. The number of rotatable bonds is 7. The maximum atomic E-state index is 13.8. The van der Waals surface area contributed by atoms with Crippen LogP contribution < -0.4 is 10.6 Å². The fourth-order valence-corrected chi connectivity index (χ4v) is 3.98. The molecule has 194 valence electrons. The normalized spacial score (nSPS) is 12.3. The summed E-state index contributed by atoms with van der Waals surface area (Å²) in [6, 6.07) is 11.6. The van der Waals surface area contributed by atoms with Crippen LogP contribution >= 0.6 is 11.6 Å². The van der Waals surface area contributed by atoms with Gasteiger partial charge in [0.1, 0.15) is 18.2 Å². The van der Waals surface area contributed by atoms with Crippen molar-refractivity contribution in [2.45, 2.75) is 65.6 Å².